The van der Waals surface area contributed by atoms with E-state index in [1.807, 2.05) is 0 Å². The van der Waals surface area contributed by atoms with Gasteiger partial charge in [0.15, 0.2) is 22.2 Å². The predicted molar refractivity (Wildman–Crippen MR) is 124 cm³/mol. The summed E-state index contributed by atoms with van der Waals surface area (Å²) < 4.78 is 41.8. The molecule has 4 atom stereocenters. The second-order valence-corrected chi connectivity index (χ2v) is 10.6. The van der Waals surface area contributed by atoms with Gasteiger partial charge in [0.25, 0.3) is 0 Å². The fourth-order valence-electron chi connectivity index (χ4n) is 3.74. The van der Waals surface area contributed by atoms with E-state index in [1.165, 1.54) is 38.5 Å². The largest absolute Gasteiger partial charge is 0.306 e. The SMILES string of the molecule is CCCCCCC(CCCCCCCCC(CCCCCC)S(=O)O)S(=O)O. The van der Waals surface area contributed by atoms with Crippen molar-refractivity contribution in [3.63, 3.8) is 0 Å². The van der Waals surface area contributed by atoms with Crippen LogP contribution in [0.5, 0.6) is 0 Å². The zero-order valence-electron chi connectivity index (χ0n) is 18.4. The summed E-state index contributed by atoms with van der Waals surface area (Å²) in [6, 6.07) is 0. The first-order valence-electron chi connectivity index (χ1n) is 11.7. The van der Waals surface area contributed by atoms with Crippen molar-refractivity contribution in [2.45, 2.75) is 140 Å². The van der Waals surface area contributed by atoms with Crippen LogP contribution in [0.4, 0.5) is 0 Å². The van der Waals surface area contributed by atoms with Crippen LogP contribution in [0.15, 0.2) is 0 Å². The summed E-state index contributed by atoms with van der Waals surface area (Å²) in [6.07, 6.45) is 19.4. The summed E-state index contributed by atoms with van der Waals surface area (Å²) in [5.74, 6) is 0. The van der Waals surface area contributed by atoms with Crippen molar-refractivity contribution in [1.29, 1.82) is 0 Å². The van der Waals surface area contributed by atoms with E-state index in [2.05, 4.69) is 13.8 Å². The topological polar surface area (TPSA) is 74.6 Å². The zero-order valence-corrected chi connectivity index (χ0v) is 20.0. The van der Waals surface area contributed by atoms with E-state index in [4.69, 9.17) is 0 Å². The highest BCUT2D eigenvalue weighted by molar-refractivity contribution is 7.80. The van der Waals surface area contributed by atoms with Crippen LogP contribution in [-0.4, -0.2) is 28.0 Å². The van der Waals surface area contributed by atoms with Crippen molar-refractivity contribution in [3.8, 4) is 0 Å². The lowest BCUT2D eigenvalue weighted by Gasteiger charge is -2.13. The number of hydrogen-bond acceptors (Lipinski definition) is 2. The van der Waals surface area contributed by atoms with Crippen molar-refractivity contribution in [2.75, 3.05) is 0 Å². The molecule has 0 rings (SSSR count). The van der Waals surface area contributed by atoms with Gasteiger partial charge in [-0.3, -0.25) is 0 Å². The monoisotopic (exact) mass is 438 g/mol. The molecule has 0 bridgehead atoms. The molecular weight excluding hydrogens is 392 g/mol. The molecule has 0 radical (unpaired) electrons. The summed E-state index contributed by atoms with van der Waals surface area (Å²) in [6.45, 7) is 4.36. The van der Waals surface area contributed by atoms with E-state index in [0.717, 1.165) is 77.0 Å². The molecule has 28 heavy (non-hydrogen) atoms. The molecule has 4 unspecified atom stereocenters. The van der Waals surface area contributed by atoms with Crippen molar-refractivity contribution in [3.05, 3.63) is 0 Å². The molecule has 6 heteroatoms. The Hall–Kier alpha value is 0.220. The first kappa shape index (κ1) is 28.2. The van der Waals surface area contributed by atoms with Crippen LogP contribution in [0.25, 0.3) is 0 Å². The highest BCUT2D eigenvalue weighted by Crippen LogP contribution is 2.19. The Bertz CT molecular complexity index is 355. The third kappa shape index (κ3) is 17.1. The minimum absolute atomic E-state index is 0.0511. The normalized spacial score (nSPS) is 16.0. The minimum atomic E-state index is -1.69. The van der Waals surface area contributed by atoms with Gasteiger partial charge in [-0.15, -0.1) is 0 Å². The maximum atomic E-state index is 11.5. The molecular formula is C22H46O4S2. The zero-order chi connectivity index (χ0) is 21.0. The molecule has 0 aromatic heterocycles. The summed E-state index contributed by atoms with van der Waals surface area (Å²) in [5, 5.41) is -0.102. The van der Waals surface area contributed by atoms with Crippen LogP contribution in [0.3, 0.4) is 0 Å². The maximum Gasteiger partial charge on any atom is 0.155 e. The molecule has 170 valence electrons. The van der Waals surface area contributed by atoms with Crippen molar-refractivity contribution in [1.82, 2.24) is 0 Å². The van der Waals surface area contributed by atoms with Gasteiger partial charge in [0.2, 0.25) is 0 Å². The summed E-state index contributed by atoms with van der Waals surface area (Å²) in [4.78, 5) is 0. The molecule has 0 saturated heterocycles. The van der Waals surface area contributed by atoms with E-state index in [-0.39, 0.29) is 10.5 Å². The average molecular weight is 439 g/mol. The van der Waals surface area contributed by atoms with Crippen LogP contribution in [0.2, 0.25) is 0 Å². The van der Waals surface area contributed by atoms with Gasteiger partial charge < -0.3 is 9.11 Å². The van der Waals surface area contributed by atoms with Crippen LogP contribution in [-0.2, 0) is 22.2 Å². The van der Waals surface area contributed by atoms with Crippen LogP contribution in [0.1, 0.15) is 129 Å². The van der Waals surface area contributed by atoms with E-state index in [9.17, 15) is 17.5 Å². The lowest BCUT2D eigenvalue weighted by Crippen LogP contribution is -2.14. The highest BCUT2D eigenvalue weighted by atomic mass is 32.2. The molecule has 0 saturated carbocycles. The molecule has 0 heterocycles. The van der Waals surface area contributed by atoms with Gasteiger partial charge >= 0.3 is 0 Å². The third-order valence-electron chi connectivity index (χ3n) is 5.63. The van der Waals surface area contributed by atoms with E-state index < -0.39 is 22.2 Å². The third-order valence-corrected chi connectivity index (χ3v) is 7.72. The molecule has 0 fully saturated rings. The summed E-state index contributed by atoms with van der Waals surface area (Å²) >= 11 is -3.37. The van der Waals surface area contributed by atoms with Crippen LogP contribution >= 0.6 is 0 Å². The molecule has 0 aliphatic heterocycles. The fraction of sp³-hybridized carbons (Fsp3) is 1.00. The first-order chi connectivity index (χ1) is 13.5. The smallest absolute Gasteiger partial charge is 0.155 e. The van der Waals surface area contributed by atoms with Gasteiger partial charge in [-0.25, -0.2) is 8.42 Å². The molecule has 0 spiro atoms. The Morgan fingerprint density at radius 2 is 0.750 bits per heavy atom. The lowest BCUT2D eigenvalue weighted by molar-refractivity contribution is 0.489. The summed E-state index contributed by atoms with van der Waals surface area (Å²) in [5.41, 5.74) is 0. The van der Waals surface area contributed by atoms with Gasteiger partial charge in [-0.05, 0) is 25.7 Å². The molecule has 0 aliphatic rings. The second-order valence-electron chi connectivity index (χ2n) is 8.19. The molecule has 0 amide bonds. The second kappa shape index (κ2) is 20.5. The van der Waals surface area contributed by atoms with Crippen molar-refractivity contribution in [2.24, 2.45) is 0 Å². The Labute approximate surface area is 179 Å². The Balaban J connectivity index is 3.71. The Morgan fingerprint density at radius 3 is 1.00 bits per heavy atom. The van der Waals surface area contributed by atoms with Crippen molar-refractivity contribution >= 4 is 22.2 Å². The molecule has 0 aromatic rings. The first-order valence-corrected chi connectivity index (χ1v) is 14.1. The molecule has 0 aromatic carbocycles. The van der Waals surface area contributed by atoms with E-state index in [1.54, 1.807) is 0 Å². The van der Waals surface area contributed by atoms with Crippen molar-refractivity contribution < 1.29 is 17.5 Å². The highest BCUT2D eigenvalue weighted by Gasteiger charge is 2.15. The minimum Gasteiger partial charge on any atom is -0.306 e. The Kier molecular flexibility index (Phi) is 20.7. The number of unbranched alkanes of at least 4 members (excludes halogenated alkanes) is 11. The van der Waals surface area contributed by atoms with Gasteiger partial charge in [-0.1, -0.05) is 104 Å². The van der Waals surface area contributed by atoms with E-state index >= 15 is 0 Å². The quantitative estimate of drug-likeness (QED) is 0.146. The van der Waals surface area contributed by atoms with Gasteiger partial charge in [0.1, 0.15) is 0 Å². The number of hydrogen-bond donors (Lipinski definition) is 2. The average Bonchev–Trinajstić information content (AvgIpc) is 2.66. The predicted octanol–water partition coefficient (Wildman–Crippen LogP) is 7.23. The summed E-state index contributed by atoms with van der Waals surface area (Å²) in [7, 11) is 0. The van der Waals surface area contributed by atoms with Crippen LogP contribution < -0.4 is 0 Å². The standard InChI is InChI=1S/C22H46O4S2/c1-3-5-7-13-17-21(27(23)24)19-15-11-9-10-12-16-20-22(28(25)26)18-14-8-6-4-2/h21-22H,3-20H2,1-2H3,(H,23,24)(H,25,26). The van der Waals surface area contributed by atoms with Gasteiger partial charge in [-0.2, -0.15) is 0 Å². The van der Waals surface area contributed by atoms with Gasteiger partial charge in [0, 0.05) is 0 Å². The molecule has 0 aliphatic carbocycles. The van der Waals surface area contributed by atoms with Gasteiger partial charge in [0.05, 0.1) is 10.5 Å². The fourth-order valence-corrected chi connectivity index (χ4v) is 5.21. The van der Waals surface area contributed by atoms with Crippen LogP contribution in [0, 0.1) is 0 Å². The maximum absolute atomic E-state index is 11.5. The number of rotatable bonds is 21. The van der Waals surface area contributed by atoms with E-state index in [0.29, 0.717) is 0 Å². The Morgan fingerprint density at radius 1 is 0.500 bits per heavy atom. The molecule has 2 N–H and O–H groups in total. The molecule has 4 nitrogen and oxygen atoms in total. The lowest BCUT2D eigenvalue weighted by atomic mass is 10.0.